The van der Waals surface area contributed by atoms with Crippen LogP contribution in [-0.4, -0.2) is 28.5 Å². The summed E-state index contributed by atoms with van der Waals surface area (Å²) in [7, 11) is 0. The lowest BCUT2D eigenvalue weighted by Crippen LogP contribution is -2.38. The second-order valence-electron chi connectivity index (χ2n) is 4.52. The van der Waals surface area contributed by atoms with Gasteiger partial charge in [-0.25, -0.2) is 14.2 Å². The molecule has 1 aromatic rings. The third-order valence-electron chi connectivity index (χ3n) is 3.49. The highest BCUT2D eigenvalue weighted by Gasteiger charge is 2.33. The minimum Gasteiger partial charge on any atom is -0.478 e. The van der Waals surface area contributed by atoms with Gasteiger partial charge in [0.25, 0.3) is 0 Å². The summed E-state index contributed by atoms with van der Waals surface area (Å²) in [6.07, 6.45) is 1.86. The highest BCUT2D eigenvalue weighted by Crippen LogP contribution is 2.41. The minimum atomic E-state index is -1.26. The number of aromatic carboxylic acids is 1. The van der Waals surface area contributed by atoms with Crippen LogP contribution < -0.4 is 5.73 Å². The van der Waals surface area contributed by atoms with Crippen LogP contribution in [0.2, 0.25) is 0 Å². The molecule has 2 aliphatic rings. The third kappa shape index (κ3) is 1.45. The highest BCUT2D eigenvalue weighted by molar-refractivity contribution is 5.90. The lowest BCUT2D eigenvalue weighted by Gasteiger charge is -2.31. The predicted octanol–water partition coefficient (Wildman–Crippen LogP) is 1.62. The molecular weight excluding hydrogens is 237 g/mol. The molecule has 0 radical (unpaired) electrons. The van der Waals surface area contributed by atoms with Crippen molar-refractivity contribution in [2.45, 2.75) is 18.9 Å². The summed E-state index contributed by atoms with van der Waals surface area (Å²) in [4.78, 5) is 17.0. The van der Waals surface area contributed by atoms with E-state index in [1.165, 1.54) is 6.07 Å². The average Bonchev–Trinajstić information content (AvgIpc) is 2.77. The van der Waals surface area contributed by atoms with Gasteiger partial charge < -0.3 is 15.7 Å². The van der Waals surface area contributed by atoms with Crippen LogP contribution in [0.15, 0.2) is 17.1 Å². The lowest BCUT2D eigenvalue weighted by molar-refractivity contribution is 0.0691. The van der Waals surface area contributed by atoms with Gasteiger partial charge in [-0.1, -0.05) is 0 Å². The van der Waals surface area contributed by atoms with Gasteiger partial charge in [-0.15, -0.1) is 0 Å². The molecule has 0 bridgehead atoms. The van der Waals surface area contributed by atoms with Gasteiger partial charge in [0.15, 0.2) is 5.96 Å². The fourth-order valence-electron chi connectivity index (χ4n) is 2.66. The monoisotopic (exact) mass is 249 g/mol. The first-order chi connectivity index (χ1) is 8.58. The topological polar surface area (TPSA) is 78.9 Å². The largest absolute Gasteiger partial charge is 0.478 e. The maximum atomic E-state index is 13.6. The lowest BCUT2D eigenvalue weighted by atomic mass is 9.98. The molecule has 1 atom stereocenters. The number of halogens is 1. The van der Waals surface area contributed by atoms with E-state index in [1.807, 2.05) is 4.90 Å². The average molecular weight is 249 g/mol. The molecule has 0 spiro atoms. The molecule has 3 rings (SSSR count). The van der Waals surface area contributed by atoms with Crippen molar-refractivity contribution in [2.75, 3.05) is 6.54 Å². The van der Waals surface area contributed by atoms with Crippen LogP contribution in [0.3, 0.4) is 0 Å². The van der Waals surface area contributed by atoms with Crippen molar-refractivity contribution in [3.63, 3.8) is 0 Å². The fraction of sp³-hybridized carbons (Fsp3) is 0.333. The summed E-state index contributed by atoms with van der Waals surface area (Å²) in [6, 6.07) is 2.56. The van der Waals surface area contributed by atoms with E-state index in [0.717, 1.165) is 31.0 Å². The van der Waals surface area contributed by atoms with E-state index < -0.39 is 11.8 Å². The first kappa shape index (κ1) is 11.0. The van der Waals surface area contributed by atoms with Gasteiger partial charge in [0, 0.05) is 18.2 Å². The third-order valence-corrected chi connectivity index (χ3v) is 3.49. The Bertz CT molecular complexity index is 571. The Morgan fingerprint density at radius 2 is 2.33 bits per heavy atom. The molecule has 0 aliphatic carbocycles. The van der Waals surface area contributed by atoms with Gasteiger partial charge in [0.2, 0.25) is 0 Å². The van der Waals surface area contributed by atoms with Crippen molar-refractivity contribution < 1.29 is 14.3 Å². The zero-order valence-corrected chi connectivity index (χ0v) is 9.56. The molecule has 0 aromatic heterocycles. The first-order valence-electron chi connectivity index (χ1n) is 5.75. The quantitative estimate of drug-likeness (QED) is 0.792. The van der Waals surface area contributed by atoms with E-state index in [4.69, 9.17) is 10.8 Å². The number of carbonyl (C=O) groups is 1. The normalized spacial score (nSPS) is 21.3. The van der Waals surface area contributed by atoms with Crippen LogP contribution in [0.25, 0.3) is 0 Å². The van der Waals surface area contributed by atoms with E-state index in [1.54, 1.807) is 0 Å². The van der Waals surface area contributed by atoms with Crippen LogP contribution >= 0.6 is 0 Å². The number of nitrogens with zero attached hydrogens (tertiary/aromatic N) is 2. The summed E-state index contributed by atoms with van der Waals surface area (Å²) < 4.78 is 13.6. The molecule has 1 fully saturated rings. The minimum absolute atomic E-state index is 0.0243. The standard InChI is InChI=1S/C12H12FN3O2/c13-8-5-9-7(4-6(8)11(17)18)10-2-1-3-16(10)12(14)15-9/h4-5,10H,1-3H2,(H2,14,15)(H,17,18). The molecule has 2 aliphatic heterocycles. The van der Waals surface area contributed by atoms with E-state index in [9.17, 15) is 9.18 Å². The molecular formula is C12H12FN3O2. The number of aliphatic imine (C=N–C) groups is 1. The number of nitrogens with two attached hydrogens (primary N) is 1. The molecule has 1 aromatic carbocycles. The molecule has 5 nitrogen and oxygen atoms in total. The van der Waals surface area contributed by atoms with Crippen LogP contribution in [0.4, 0.5) is 10.1 Å². The molecule has 0 amide bonds. The fourth-order valence-corrected chi connectivity index (χ4v) is 2.66. The Labute approximate surface area is 103 Å². The smallest absolute Gasteiger partial charge is 0.338 e. The molecule has 2 heterocycles. The van der Waals surface area contributed by atoms with Crippen LogP contribution in [-0.2, 0) is 0 Å². The van der Waals surface area contributed by atoms with Crippen molar-refractivity contribution in [3.05, 3.63) is 29.1 Å². The van der Waals surface area contributed by atoms with Crippen molar-refractivity contribution in [3.8, 4) is 0 Å². The summed E-state index contributed by atoms with van der Waals surface area (Å²) >= 11 is 0. The zero-order chi connectivity index (χ0) is 12.9. The molecule has 6 heteroatoms. The molecule has 18 heavy (non-hydrogen) atoms. The molecule has 0 saturated carbocycles. The number of benzene rings is 1. The number of fused-ring (bicyclic) bond motifs is 3. The number of guanidine groups is 1. The second kappa shape index (κ2) is 3.69. The Balaban J connectivity index is 2.19. The van der Waals surface area contributed by atoms with Crippen LogP contribution in [0, 0.1) is 5.82 Å². The van der Waals surface area contributed by atoms with Gasteiger partial charge in [-0.3, -0.25) is 0 Å². The molecule has 94 valence electrons. The maximum Gasteiger partial charge on any atom is 0.338 e. The van der Waals surface area contributed by atoms with Gasteiger partial charge in [-0.05, 0) is 18.9 Å². The van der Waals surface area contributed by atoms with Gasteiger partial charge in [0.1, 0.15) is 5.82 Å². The van der Waals surface area contributed by atoms with Crippen molar-refractivity contribution in [2.24, 2.45) is 10.7 Å². The zero-order valence-electron chi connectivity index (χ0n) is 9.56. The molecule has 3 N–H and O–H groups in total. The van der Waals surface area contributed by atoms with Gasteiger partial charge >= 0.3 is 5.97 Å². The Hall–Kier alpha value is -2.11. The van der Waals surface area contributed by atoms with Crippen molar-refractivity contribution in [1.29, 1.82) is 0 Å². The van der Waals surface area contributed by atoms with Gasteiger partial charge in [0.05, 0.1) is 17.3 Å². The Kier molecular flexibility index (Phi) is 2.26. The van der Waals surface area contributed by atoms with Crippen molar-refractivity contribution >= 4 is 17.6 Å². The predicted molar refractivity (Wildman–Crippen MR) is 63.3 cm³/mol. The SMILES string of the molecule is NC1=Nc2cc(F)c(C(=O)O)cc2C2CCCN12. The van der Waals surface area contributed by atoms with Crippen molar-refractivity contribution in [1.82, 2.24) is 4.90 Å². The van der Waals surface area contributed by atoms with Crippen LogP contribution in [0.5, 0.6) is 0 Å². The van der Waals surface area contributed by atoms with E-state index >= 15 is 0 Å². The first-order valence-corrected chi connectivity index (χ1v) is 5.75. The Morgan fingerprint density at radius 1 is 1.56 bits per heavy atom. The van der Waals surface area contributed by atoms with Gasteiger partial charge in [-0.2, -0.15) is 0 Å². The summed E-state index contributed by atoms with van der Waals surface area (Å²) in [6.45, 7) is 0.805. The summed E-state index contributed by atoms with van der Waals surface area (Å²) in [5.41, 5.74) is 6.70. The maximum absolute atomic E-state index is 13.6. The number of carboxylic acid groups (broad SMARTS) is 1. The van der Waals surface area contributed by atoms with E-state index in [0.29, 0.717) is 11.6 Å². The number of hydrogen-bond donors (Lipinski definition) is 2. The highest BCUT2D eigenvalue weighted by atomic mass is 19.1. The number of carboxylic acids is 1. The number of hydrogen-bond acceptors (Lipinski definition) is 4. The van der Waals surface area contributed by atoms with E-state index in [2.05, 4.69) is 4.99 Å². The van der Waals surface area contributed by atoms with E-state index in [-0.39, 0.29) is 11.6 Å². The number of rotatable bonds is 1. The molecule has 1 saturated heterocycles. The second-order valence-corrected chi connectivity index (χ2v) is 4.52. The summed E-state index contributed by atoms with van der Waals surface area (Å²) in [5, 5.41) is 8.95. The Morgan fingerprint density at radius 3 is 3.06 bits per heavy atom. The summed E-state index contributed by atoms with van der Waals surface area (Å²) in [5.74, 6) is -1.65. The van der Waals surface area contributed by atoms with Crippen LogP contribution in [0.1, 0.15) is 34.8 Å². The molecule has 1 unspecified atom stereocenters.